The lowest BCUT2D eigenvalue weighted by Gasteiger charge is -2.26. The fourth-order valence-corrected chi connectivity index (χ4v) is 4.13. The van der Waals surface area contributed by atoms with Crippen molar-refractivity contribution < 1.29 is 0 Å². The van der Waals surface area contributed by atoms with Crippen LogP contribution < -0.4 is 0 Å². The van der Waals surface area contributed by atoms with Crippen LogP contribution >= 0.6 is 0 Å². The zero-order valence-corrected chi connectivity index (χ0v) is 13.8. The van der Waals surface area contributed by atoms with Crippen LogP contribution in [0.3, 0.4) is 0 Å². The van der Waals surface area contributed by atoms with Crippen LogP contribution in [0.25, 0.3) is 10.9 Å². The van der Waals surface area contributed by atoms with Gasteiger partial charge in [-0.1, -0.05) is 13.8 Å². The molecule has 116 valence electrons. The SMILES string of the molecule is CCN(CC)C1CCC(c2cn(C)c3ccc(C#N)cc23)C1. The Bertz CT molecular complexity index is 703. The number of hydrogen-bond acceptors (Lipinski definition) is 2. The molecule has 0 spiro atoms. The normalized spacial score (nSPS) is 21.6. The predicted octanol–water partition coefficient (Wildman–Crippen LogP) is 4.03. The second kappa shape index (κ2) is 6.14. The molecule has 1 saturated carbocycles. The molecule has 1 aliphatic carbocycles. The molecule has 0 radical (unpaired) electrons. The first-order valence-electron chi connectivity index (χ1n) is 8.41. The van der Waals surface area contributed by atoms with Gasteiger partial charge < -0.3 is 9.47 Å². The van der Waals surface area contributed by atoms with E-state index in [1.165, 1.54) is 35.7 Å². The topological polar surface area (TPSA) is 32.0 Å². The highest BCUT2D eigenvalue weighted by molar-refractivity contribution is 5.85. The van der Waals surface area contributed by atoms with Crippen LogP contribution in [0.2, 0.25) is 0 Å². The summed E-state index contributed by atoms with van der Waals surface area (Å²) in [6, 6.07) is 9.05. The first-order valence-corrected chi connectivity index (χ1v) is 8.41. The molecule has 1 aromatic carbocycles. The Balaban J connectivity index is 1.93. The molecule has 1 aliphatic rings. The zero-order valence-electron chi connectivity index (χ0n) is 13.8. The van der Waals surface area contributed by atoms with Gasteiger partial charge in [-0.25, -0.2) is 0 Å². The van der Waals surface area contributed by atoms with Crippen molar-refractivity contribution in [1.29, 1.82) is 5.26 Å². The average molecular weight is 295 g/mol. The van der Waals surface area contributed by atoms with Gasteiger partial charge in [0.05, 0.1) is 11.6 Å². The molecule has 0 bridgehead atoms. The van der Waals surface area contributed by atoms with Crippen LogP contribution in [-0.4, -0.2) is 28.6 Å². The van der Waals surface area contributed by atoms with Crippen molar-refractivity contribution in [3.63, 3.8) is 0 Å². The number of benzene rings is 1. The van der Waals surface area contributed by atoms with Gasteiger partial charge in [0.15, 0.2) is 0 Å². The number of aryl methyl sites for hydroxylation is 1. The Hall–Kier alpha value is -1.79. The van der Waals surface area contributed by atoms with E-state index < -0.39 is 0 Å². The van der Waals surface area contributed by atoms with Gasteiger partial charge in [-0.15, -0.1) is 0 Å². The minimum atomic E-state index is 0.628. The standard InChI is InChI=1S/C19H25N3/c1-4-22(5-2)16-8-7-15(11-16)18-13-21(3)19-9-6-14(12-20)10-17(18)19/h6,9-10,13,15-16H,4-5,7-8,11H2,1-3H3. The van der Waals surface area contributed by atoms with Gasteiger partial charge in [0.2, 0.25) is 0 Å². The zero-order chi connectivity index (χ0) is 15.7. The molecule has 2 aromatic rings. The second-order valence-electron chi connectivity index (χ2n) is 6.42. The molecule has 0 aliphatic heterocycles. The maximum atomic E-state index is 9.18. The maximum Gasteiger partial charge on any atom is 0.0991 e. The van der Waals surface area contributed by atoms with Gasteiger partial charge >= 0.3 is 0 Å². The van der Waals surface area contributed by atoms with Crippen LogP contribution in [0, 0.1) is 11.3 Å². The lowest BCUT2D eigenvalue weighted by atomic mass is 9.96. The molecular formula is C19H25N3. The summed E-state index contributed by atoms with van der Waals surface area (Å²) in [5, 5.41) is 10.4. The number of rotatable bonds is 4. The van der Waals surface area contributed by atoms with E-state index in [0.29, 0.717) is 5.92 Å². The summed E-state index contributed by atoms with van der Waals surface area (Å²) in [7, 11) is 2.11. The summed E-state index contributed by atoms with van der Waals surface area (Å²) in [6.07, 6.45) is 6.08. The quantitative estimate of drug-likeness (QED) is 0.853. The number of hydrogen-bond donors (Lipinski definition) is 0. The fraction of sp³-hybridized carbons (Fsp3) is 0.526. The van der Waals surface area contributed by atoms with E-state index in [1.54, 1.807) is 0 Å². The van der Waals surface area contributed by atoms with Crippen molar-refractivity contribution in [2.45, 2.75) is 45.1 Å². The first-order chi connectivity index (χ1) is 10.7. The Morgan fingerprint density at radius 3 is 2.73 bits per heavy atom. The summed E-state index contributed by atoms with van der Waals surface area (Å²) in [5.41, 5.74) is 3.43. The molecule has 1 fully saturated rings. The lowest BCUT2D eigenvalue weighted by Crippen LogP contribution is -2.32. The van der Waals surface area contributed by atoms with Crippen molar-refractivity contribution in [2.75, 3.05) is 13.1 Å². The largest absolute Gasteiger partial charge is 0.350 e. The van der Waals surface area contributed by atoms with Crippen molar-refractivity contribution >= 4 is 10.9 Å². The van der Waals surface area contributed by atoms with E-state index in [4.69, 9.17) is 0 Å². The third-order valence-corrected chi connectivity index (χ3v) is 5.32. The third-order valence-electron chi connectivity index (χ3n) is 5.32. The Morgan fingerprint density at radius 2 is 2.05 bits per heavy atom. The second-order valence-corrected chi connectivity index (χ2v) is 6.42. The lowest BCUT2D eigenvalue weighted by molar-refractivity contribution is 0.219. The molecule has 0 saturated heterocycles. The van der Waals surface area contributed by atoms with Gasteiger partial charge in [-0.2, -0.15) is 5.26 Å². The van der Waals surface area contributed by atoms with Gasteiger partial charge in [0, 0.05) is 30.2 Å². The number of aromatic nitrogens is 1. The van der Waals surface area contributed by atoms with Crippen molar-refractivity contribution in [2.24, 2.45) is 7.05 Å². The van der Waals surface area contributed by atoms with Crippen LogP contribution in [0.15, 0.2) is 24.4 Å². The van der Waals surface area contributed by atoms with E-state index in [1.807, 2.05) is 6.07 Å². The number of nitriles is 1. The van der Waals surface area contributed by atoms with Crippen LogP contribution in [0.4, 0.5) is 0 Å². The van der Waals surface area contributed by atoms with Crippen LogP contribution in [-0.2, 0) is 7.05 Å². The Morgan fingerprint density at radius 1 is 1.27 bits per heavy atom. The van der Waals surface area contributed by atoms with Gasteiger partial charge in [0.1, 0.15) is 0 Å². The van der Waals surface area contributed by atoms with E-state index in [2.05, 4.69) is 54.8 Å². The maximum absolute atomic E-state index is 9.18. The van der Waals surface area contributed by atoms with Gasteiger partial charge in [0.25, 0.3) is 0 Å². The molecule has 3 rings (SSSR count). The van der Waals surface area contributed by atoms with Crippen LogP contribution in [0.1, 0.15) is 50.2 Å². The van der Waals surface area contributed by atoms with E-state index in [0.717, 1.165) is 24.7 Å². The van der Waals surface area contributed by atoms with E-state index >= 15 is 0 Å². The highest BCUT2D eigenvalue weighted by atomic mass is 15.1. The average Bonchev–Trinajstić information content (AvgIpc) is 3.14. The third kappa shape index (κ3) is 2.53. The summed E-state index contributed by atoms with van der Waals surface area (Å²) in [4.78, 5) is 2.59. The van der Waals surface area contributed by atoms with Crippen molar-refractivity contribution in [3.05, 3.63) is 35.5 Å². The molecule has 2 atom stereocenters. The fourth-order valence-electron chi connectivity index (χ4n) is 4.13. The van der Waals surface area contributed by atoms with E-state index in [-0.39, 0.29) is 0 Å². The van der Waals surface area contributed by atoms with Crippen molar-refractivity contribution in [3.8, 4) is 6.07 Å². The molecule has 3 heteroatoms. The first kappa shape index (κ1) is 15.1. The molecule has 3 nitrogen and oxygen atoms in total. The van der Waals surface area contributed by atoms with Crippen LogP contribution in [0.5, 0.6) is 0 Å². The van der Waals surface area contributed by atoms with Gasteiger partial charge in [-0.05, 0) is 62.0 Å². The highest BCUT2D eigenvalue weighted by Gasteiger charge is 2.30. The van der Waals surface area contributed by atoms with E-state index in [9.17, 15) is 5.26 Å². The molecule has 0 N–H and O–H groups in total. The summed E-state index contributed by atoms with van der Waals surface area (Å²) >= 11 is 0. The number of fused-ring (bicyclic) bond motifs is 1. The smallest absolute Gasteiger partial charge is 0.0991 e. The Kier molecular flexibility index (Phi) is 4.22. The Labute approximate surface area is 133 Å². The molecule has 2 unspecified atom stereocenters. The van der Waals surface area contributed by atoms with Crippen molar-refractivity contribution in [1.82, 2.24) is 9.47 Å². The summed E-state index contributed by atoms with van der Waals surface area (Å²) < 4.78 is 2.20. The molecule has 0 amide bonds. The molecule has 1 aromatic heterocycles. The molecular weight excluding hydrogens is 270 g/mol. The summed E-state index contributed by atoms with van der Waals surface area (Å²) in [6.45, 7) is 6.80. The van der Waals surface area contributed by atoms with Gasteiger partial charge in [-0.3, -0.25) is 0 Å². The highest BCUT2D eigenvalue weighted by Crippen LogP contribution is 2.40. The monoisotopic (exact) mass is 295 g/mol. The minimum Gasteiger partial charge on any atom is -0.350 e. The minimum absolute atomic E-state index is 0.628. The number of nitrogens with zero attached hydrogens (tertiary/aromatic N) is 3. The summed E-state index contributed by atoms with van der Waals surface area (Å²) in [5.74, 6) is 0.628. The predicted molar refractivity (Wildman–Crippen MR) is 90.9 cm³/mol. The molecule has 22 heavy (non-hydrogen) atoms. The molecule has 1 heterocycles.